The van der Waals surface area contributed by atoms with E-state index in [4.69, 9.17) is 15.2 Å². The Morgan fingerprint density at radius 3 is 2.95 bits per heavy atom. The molecule has 2 atom stereocenters. The summed E-state index contributed by atoms with van der Waals surface area (Å²) < 4.78 is 13.3. The first-order valence-corrected chi connectivity index (χ1v) is 7.25. The highest BCUT2D eigenvalue weighted by Gasteiger charge is 2.29. The number of aromatic nitrogens is 2. The molecule has 0 bridgehead atoms. The Hall–Kier alpha value is -2.01. The molecule has 1 aromatic heterocycles. The summed E-state index contributed by atoms with van der Waals surface area (Å²) in [7, 11) is 3.58. The van der Waals surface area contributed by atoms with Crippen LogP contribution in [0.2, 0.25) is 0 Å². The lowest BCUT2D eigenvalue weighted by Gasteiger charge is -2.30. The van der Waals surface area contributed by atoms with Crippen LogP contribution < -0.4 is 15.2 Å². The van der Waals surface area contributed by atoms with E-state index >= 15 is 0 Å². The number of hydrogen-bond acceptors (Lipinski definition) is 4. The summed E-state index contributed by atoms with van der Waals surface area (Å²) in [5.74, 6) is 1.59. The Morgan fingerprint density at radius 2 is 2.24 bits per heavy atom. The number of ether oxygens (including phenoxy) is 2. The summed E-state index contributed by atoms with van der Waals surface area (Å²) in [6.07, 6.45) is 3.62. The molecule has 0 amide bonds. The van der Waals surface area contributed by atoms with Gasteiger partial charge in [-0.3, -0.25) is 4.68 Å². The number of nitrogens with two attached hydrogens (primary N) is 1. The van der Waals surface area contributed by atoms with Crippen LogP contribution in [0.3, 0.4) is 0 Å². The van der Waals surface area contributed by atoms with Gasteiger partial charge < -0.3 is 15.2 Å². The van der Waals surface area contributed by atoms with Crippen molar-refractivity contribution in [3.63, 3.8) is 0 Å². The molecule has 1 unspecified atom stereocenters. The van der Waals surface area contributed by atoms with E-state index in [1.54, 1.807) is 7.11 Å². The zero-order valence-corrected chi connectivity index (χ0v) is 12.7. The van der Waals surface area contributed by atoms with Gasteiger partial charge in [0, 0.05) is 42.9 Å². The number of nitrogens with zero attached hydrogens (tertiary/aromatic N) is 2. The highest BCUT2D eigenvalue weighted by atomic mass is 16.5. The molecule has 0 radical (unpaired) electrons. The normalized spacial score (nSPS) is 20.8. The zero-order valence-electron chi connectivity index (χ0n) is 12.7. The second kappa shape index (κ2) is 5.41. The topological polar surface area (TPSA) is 62.3 Å². The van der Waals surface area contributed by atoms with Crippen LogP contribution in [0, 0.1) is 0 Å². The van der Waals surface area contributed by atoms with Crippen molar-refractivity contribution >= 4 is 0 Å². The summed E-state index contributed by atoms with van der Waals surface area (Å²) in [5.41, 5.74) is 9.55. The van der Waals surface area contributed by atoms with Gasteiger partial charge in [0.05, 0.1) is 12.8 Å². The summed E-state index contributed by atoms with van der Waals surface area (Å²) in [6.45, 7) is 2.10. The molecule has 112 valence electrons. The summed E-state index contributed by atoms with van der Waals surface area (Å²) in [5, 5.41) is 4.49. The maximum atomic E-state index is 6.32. The van der Waals surface area contributed by atoms with Crippen LogP contribution in [0.15, 0.2) is 24.4 Å². The van der Waals surface area contributed by atoms with Crippen molar-refractivity contribution in [2.45, 2.75) is 31.9 Å². The summed E-state index contributed by atoms with van der Waals surface area (Å²) in [4.78, 5) is 0. The Kier molecular flexibility index (Phi) is 3.59. The molecule has 2 heterocycles. The molecule has 0 fully saturated rings. The van der Waals surface area contributed by atoms with Crippen molar-refractivity contribution in [1.29, 1.82) is 0 Å². The van der Waals surface area contributed by atoms with Crippen LogP contribution in [0.25, 0.3) is 0 Å². The van der Waals surface area contributed by atoms with Crippen LogP contribution in [0.4, 0.5) is 0 Å². The highest BCUT2D eigenvalue weighted by molar-refractivity contribution is 5.44. The van der Waals surface area contributed by atoms with E-state index in [2.05, 4.69) is 12.0 Å². The lowest BCUT2D eigenvalue weighted by atomic mass is 9.93. The van der Waals surface area contributed by atoms with Crippen molar-refractivity contribution in [2.75, 3.05) is 7.11 Å². The lowest BCUT2D eigenvalue weighted by Crippen LogP contribution is -2.24. The van der Waals surface area contributed by atoms with Crippen LogP contribution in [0.1, 0.15) is 42.3 Å². The van der Waals surface area contributed by atoms with Crippen LogP contribution >= 0.6 is 0 Å². The minimum atomic E-state index is -0.0525. The summed E-state index contributed by atoms with van der Waals surface area (Å²) in [6, 6.07) is 5.78. The highest BCUT2D eigenvalue weighted by Crippen LogP contribution is 2.41. The number of rotatable bonds is 3. The van der Waals surface area contributed by atoms with Gasteiger partial charge in [-0.25, -0.2) is 0 Å². The van der Waals surface area contributed by atoms with Crippen molar-refractivity contribution in [2.24, 2.45) is 12.8 Å². The fourth-order valence-electron chi connectivity index (χ4n) is 2.90. The van der Waals surface area contributed by atoms with Gasteiger partial charge in [-0.05, 0) is 12.5 Å². The lowest BCUT2D eigenvalue weighted by molar-refractivity contribution is 0.160. The molecule has 0 saturated carbocycles. The molecule has 2 N–H and O–H groups in total. The number of aryl methyl sites for hydroxylation is 2. The molecular weight excluding hydrogens is 266 g/mol. The van der Waals surface area contributed by atoms with Gasteiger partial charge in [0.1, 0.15) is 17.6 Å². The third-order valence-electron chi connectivity index (χ3n) is 3.98. The van der Waals surface area contributed by atoms with E-state index < -0.39 is 0 Å². The molecule has 21 heavy (non-hydrogen) atoms. The van der Waals surface area contributed by atoms with E-state index in [1.165, 1.54) is 0 Å². The Bertz CT molecular complexity index is 651. The quantitative estimate of drug-likeness (QED) is 0.942. The molecule has 0 aliphatic carbocycles. The average molecular weight is 287 g/mol. The first-order chi connectivity index (χ1) is 10.1. The number of fused-ring (bicyclic) bond motifs is 1. The molecule has 1 aliphatic heterocycles. The number of hydrogen-bond donors (Lipinski definition) is 1. The van der Waals surface area contributed by atoms with Gasteiger partial charge in [-0.1, -0.05) is 13.0 Å². The zero-order chi connectivity index (χ0) is 15.0. The van der Waals surface area contributed by atoms with E-state index in [1.807, 2.05) is 36.1 Å². The Balaban J connectivity index is 1.96. The predicted octanol–water partition coefficient (Wildman–Crippen LogP) is 2.51. The van der Waals surface area contributed by atoms with Crippen LogP contribution in [0.5, 0.6) is 11.5 Å². The first-order valence-electron chi connectivity index (χ1n) is 7.25. The van der Waals surface area contributed by atoms with Gasteiger partial charge in [-0.15, -0.1) is 0 Å². The van der Waals surface area contributed by atoms with Crippen molar-refractivity contribution in [1.82, 2.24) is 9.78 Å². The number of methoxy groups -OCH3 is 1. The predicted molar refractivity (Wildman–Crippen MR) is 80.5 cm³/mol. The van der Waals surface area contributed by atoms with E-state index in [-0.39, 0.29) is 12.1 Å². The monoisotopic (exact) mass is 287 g/mol. The summed E-state index contributed by atoms with van der Waals surface area (Å²) >= 11 is 0. The van der Waals surface area contributed by atoms with E-state index in [0.29, 0.717) is 0 Å². The largest absolute Gasteiger partial charge is 0.497 e. The molecular formula is C16H21N3O2. The van der Waals surface area contributed by atoms with Gasteiger partial charge in [-0.2, -0.15) is 5.10 Å². The molecule has 5 nitrogen and oxygen atoms in total. The fraction of sp³-hybridized carbons (Fsp3) is 0.438. The molecule has 1 aliphatic rings. The molecule has 3 rings (SSSR count). The van der Waals surface area contributed by atoms with Gasteiger partial charge in [0.25, 0.3) is 0 Å². The number of benzene rings is 1. The van der Waals surface area contributed by atoms with Gasteiger partial charge >= 0.3 is 0 Å². The first kappa shape index (κ1) is 13.9. The maximum Gasteiger partial charge on any atom is 0.129 e. The van der Waals surface area contributed by atoms with Crippen molar-refractivity contribution in [3.05, 3.63) is 41.2 Å². The van der Waals surface area contributed by atoms with Gasteiger partial charge in [0.2, 0.25) is 0 Å². The van der Waals surface area contributed by atoms with E-state index in [0.717, 1.165) is 41.2 Å². The van der Waals surface area contributed by atoms with E-state index in [9.17, 15) is 0 Å². The van der Waals surface area contributed by atoms with Crippen molar-refractivity contribution in [3.8, 4) is 11.5 Å². The van der Waals surface area contributed by atoms with Crippen LogP contribution in [-0.2, 0) is 13.5 Å². The molecule has 5 heteroatoms. The third-order valence-corrected chi connectivity index (χ3v) is 3.98. The third kappa shape index (κ3) is 2.49. The molecule has 0 saturated heterocycles. The second-order valence-corrected chi connectivity index (χ2v) is 5.41. The smallest absolute Gasteiger partial charge is 0.129 e. The maximum absolute atomic E-state index is 6.32. The Labute approximate surface area is 124 Å². The molecule has 0 spiro atoms. The molecule has 1 aromatic carbocycles. The SMILES string of the molecule is CCc1nn(C)cc1C1C[C@H](N)c2ccc(OC)cc2O1. The standard InChI is InChI=1S/C16H21N3O2/c1-4-14-12(9-19(2)18-14)16-8-13(17)11-6-5-10(20-3)7-15(11)21-16/h5-7,9,13,16H,4,8,17H2,1-3H3/t13-,16?/m0/s1. The average Bonchev–Trinajstić information content (AvgIpc) is 2.87. The molecule has 2 aromatic rings. The van der Waals surface area contributed by atoms with Crippen LogP contribution in [-0.4, -0.2) is 16.9 Å². The fourth-order valence-corrected chi connectivity index (χ4v) is 2.90. The van der Waals surface area contributed by atoms with Crippen molar-refractivity contribution < 1.29 is 9.47 Å². The minimum Gasteiger partial charge on any atom is -0.497 e. The van der Waals surface area contributed by atoms with Gasteiger partial charge in [0.15, 0.2) is 0 Å². The Morgan fingerprint density at radius 1 is 1.43 bits per heavy atom. The second-order valence-electron chi connectivity index (χ2n) is 5.41. The minimum absolute atomic E-state index is 0.0328.